The van der Waals surface area contributed by atoms with Crippen molar-refractivity contribution < 1.29 is 14.3 Å². The molecule has 1 aromatic carbocycles. The highest BCUT2D eigenvalue weighted by molar-refractivity contribution is 6.32. The molecule has 1 saturated carbocycles. The number of hydrogen-bond acceptors (Lipinski definition) is 3. The van der Waals surface area contributed by atoms with Gasteiger partial charge < -0.3 is 14.5 Å². The number of carbonyl (C=O) groups is 2. The molecule has 2 aliphatic heterocycles. The lowest BCUT2D eigenvalue weighted by Crippen LogP contribution is -2.57. The average molecular weight is 335 g/mol. The standard InChI is InChI=1S/C17H19ClN2O3/c18-14-3-1-2-4-15(14)23-13-9-19(10-13)17(22)11-7-16(21)20(8-11)12-5-6-12/h1-4,11-13H,5-10H2. The molecule has 6 heteroatoms. The van der Waals surface area contributed by atoms with Crippen LogP contribution in [0.2, 0.25) is 5.02 Å². The van der Waals surface area contributed by atoms with E-state index in [1.165, 1.54) is 0 Å². The summed E-state index contributed by atoms with van der Waals surface area (Å²) in [5.74, 6) is 0.697. The van der Waals surface area contributed by atoms with E-state index in [4.69, 9.17) is 16.3 Å². The van der Waals surface area contributed by atoms with Gasteiger partial charge in [-0.05, 0) is 25.0 Å². The van der Waals surface area contributed by atoms with Crippen LogP contribution in [0.1, 0.15) is 19.3 Å². The van der Waals surface area contributed by atoms with Crippen molar-refractivity contribution in [2.24, 2.45) is 5.92 Å². The van der Waals surface area contributed by atoms with Crippen LogP contribution < -0.4 is 4.74 Å². The van der Waals surface area contributed by atoms with Crippen molar-refractivity contribution in [3.05, 3.63) is 29.3 Å². The predicted molar refractivity (Wildman–Crippen MR) is 85.3 cm³/mol. The molecule has 3 aliphatic rings. The SMILES string of the molecule is O=C(C1CC(=O)N(C2CC2)C1)N1CC(Oc2ccccc2Cl)C1. The second kappa shape index (κ2) is 5.71. The molecule has 0 N–H and O–H groups in total. The molecule has 2 heterocycles. The van der Waals surface area contributed by atoms with Crippen LogP contribution in [0.5, 0.6) is 5.75 Å². The topological polar surface area (TPSA) is 49.9 Å². The second-order valence-corrected chi connectivity index (χ2v) is 7.00. The molecule has 0 aromatic heterocycles. The van der Waals surface area contributed by atoms with Crippen molar-refractivity contribution in [2.75, 3.05) is 19.6 Å². The minimum absolute atomic E-state index is 0.0181. The fourth-order valence-corrected chi connectivity index (χ4v) is 3.49. The van der Waals surface area contributed by atoms with Gasteiger partial charge in [0.25, 0.3) is 0 Å². The van der Waals surface area contributed by atoms with Gasteiger partial charge in [-0.1, -0.05) is 23.7 Å². The Morgan fingerprint density at radius 2 is 1.91 bits per heavy atom. The number of ether oxygens (including phenoxy) is 1. The molecule has 1 aromatic rings. The maximum atomic E-state index is 12.5. The monoisotopic (exact) mass is 334 g/mol. The molecule has 0 bridgehead atoms. The van der Waals surface area contributed by atoms with E-state index >= 15 is 0 Å². The molecule has 1 unspecified atom stereocenters. The van der Waals surface area contributed by atoms with Gasteiger partial charge in [-0.15, -0.1) is 0 Å². The van der Waals surface area contributed by atoms with Crippen molar-refractivity contribution in [3.63, 3.8) is 0 Å². The first-order chi connectivity index (χ1) is 11.1. The van der Waals surface area contributed by atoms with Gasteiger partial charge in [0.15, 0.2) is 0 Å². The maximum Gasteiger partial charge on any atom is 0.228 e. The first kappa shape index (κ1) is 14.8. The van der Waals surface area contributed by atoms with Crippen molar-refractivity contribution in [2.45, 2.75) is 31.4 Å². The third-order valence-corrected chi connectivity index (χ3v) is 5.10. The number of benzene rings is 1. The summed E-state index contributed by atoms with van der Waals surface area (Å²) < 4.78 is 5.81. The summed E-state index contributed by atoms with van der Waals surface area (Å²) in [6, 6.07) is 7.74. The van der Waals surface area contributed by atoms with Crippen molar-refractivity contribution >= 4 is 23.4 Å². The minimum atomic E-state index is -0.177. The summed E-state index contributed by atoms with van der Waals surface area (Å²) in [6.07, 6.45) is 2.52. The fraction of sp³-hybridized carbons (Fsp3) is 0.529. The van der Waals surface area contributed by atoms with Gasteiger partial charge in [0.05, 0.1) is 24.0 Å². The Hall–Kier alpha value is -1.75. The van der Waals surface area contributed by atoms with Crippen molar-refractivity contribution in [1.82, 2.24) is 9.80 Å². The van der Waals surface area contributed by atoms with E-state index in [2.05, 4.69) is 0 Å². The molecule has 1 atom stereocenters. The number of halogens is 1. The summed E-state index contributed by atoms with van der Waals surface area (Å²) in [7, 11) is 0. The van der Waals surface area contributed by atoms with Crippen LogP contribution in [0, 0.1) is 5.92 Å². The smallest absolute Gasteiger partial charge is 0.228 e. The number of hydrogen-bond donors (Lipinski definition) is 0. The van der Waals surface area contributed by atoms with Crippen LogP contribution in [0.3, 0.4) is 0 Å². The highest BCUT2D eigenvalue weighted by atomic mass is 35.5. The van der Waals surface area contributed by atoms with Crippen LogP contribution in [0.25, 0.3) is 0 Å². The summed E-state index contributed by atoms with van der Waals surface area (Å²) in [5, 5.41) is 0.582. The van der Waals surface area contributed by atoms with Gasteiger partial charge >= 0.3 is 0 Å². The number of likely N-dealkylation sites (tertiary alicyclic amines) is 2. The Labute approximate surface area is 140 Å². The molecule has 5 nitrogen and oxygen atoms in total. The largest absolute Gasteiger partial charge is 0.485 e. The summed E-state index contributed by atoms with van der Waals surface area (Å²) in [6.45, 7) is 1.73. The number of para-hydroxylation sites is 1. The minimum Gasteiger partial charge on any atom is -0.485 e. The molecule has 1 aliphatic carbocycles. The first-order valence-corrected chi connectivity index (χ1v) is 8.49. The Kier molecular flexibility index (Phi) is 3.68. The van der Waals surface area contributed by atoms with Gasteiger partial charge in [-0.2, -0.15) is 0 Å². The zero-order chi connectivity index (χ0) is 16.0. The molecule has 4 rings (SSSR count). The average Bonchev–Trinajstić information content (AvgIpc) is 3.26. The quantitative estimate of drug-likeness (QED) is 0.845. The molecule has 0 spiro atoms. The molecule has 122 valence electrons. The predicted octanol–water partition coefficient (Wildman–Crippen LogP) is 1.94. The van der Waals surface area contributed by atoms with Crippen LogP contribution in [0.15, 0.2) is 24.3 Å². The molecule has 3 fully saturated rings. The summed E-state index contributed by atoms with van der Waals surface area (Å²) in [4.78, 5) is 28.1. The van der Waals surface area contributed by atoms with Crippen molar-refractivity contribution in [1.29, 1.82) is 0 Å². The number of amides is 2. The van der Waals surface area contributed by atoms with E-state index in [0.29, 0.717) is 42.9 Å². The van der Waals surface area contributed by atoms with Gasteiger partial charge in [-0.3, -0.25) is 9.59 Å². The Morgan fingerprint density at radius 3 is 2.61 bits per heavy atom. The highest BCUT2D eigenvalue weighted by Gasteiger charge is 2.45. The zero-order valence-electron chi connectivity index (χ0n) is 12.8. The molecule has 0 radical (unpaired) electrons. The van der Waals surface area contributed by atoms with Crippen LogP contribution in [0.4, 0.5) is 0 Å². The third-order valence-electron chi connectivity index (χ3n) is 4.79. The van der Waals surface area contributed by atoms with Gasteiger partial charge in [0.1, 0.15) is 11.9 Å². The Bertz CT molecular complexity index is 640. The van der Waals surface area contributed by atoms with E-state index in [0.717, 1.165) is 12.8 Å². The maximum absolute atomic E-state index is 12.5. The van der Waals surface area contributed by atoms with E-state index in [-0.39, 0.29) is 23.8 Å². The van der Waals surface area contributed by atoms with Crippen LogP contribution in [-0.4, -0.2) is 53.4 Å². The lowest BCUT2D eigenvalue weighted by Gasteiger charge is -2.40. The van der Waals surface area contributed by atoms with Gasteiger partial charge in [0, 0.05) is 19.0 Å². The lowest BCUT2D eigenvalue weighted by atomic mass is 10.0. The van der Waals surface area contributed by atoms with Crippen molar-refractivity contribution in [3.8, 4) is 5.75 Å². The van der Waals surface area contributed by atoms with Crippen LogP contribution >= 0.6 is 11.6 Å². The Balaban J connectivity index is 1.29. The van der Waals surface area contributed by atoms with Gasteiger partial charge in [-0.25, -0.2) is 0 Å². The molecule has 2 amide bonds. The highest BCUT2D eigenvalue weighted by Crippen LogP contribution is 2.34. The number of rotatable bonds is 4. The fourth-order valence-electron chi connectivity index (χ4n) is 3.31. The lowest BCUT2D eigenvalue weighted by molar-refractivity contribution is -0.144. The number of carbonyl (C=O) groups excluding carboxylic acids is 2. The summed E-state index contributed by atoms with van der Waals surface area (Å²) in [5.41, 5.74) is 0. The normalized spacial score (nSPS) is 24.7. The molecular formula is C17H19ClN2O3. The zero-order valence-corrected chi connectivity index (χ0v) is 13.5. The third kappa shape index (κ3) is 2.90. The van der Waals surface area contributed by atoms with E-state index in [1.54, 1.807) is 11.0 Å². The number of nitrogens with zero attached hydrogens (tertiary/aromatic N) is 2. The second-order valence-electron chi connectivity index (χ2n) is 6.59. The van der Waals surface area contributed by atoms with E-state index in [9.17, 15) is 9.59 Å². The molecule has 23 heavy (non-hydrogen) atoms. The van der Waals surface area contributed by atoms with E-state index in [1.807, 2.05) is 23.1 Å². The summed E-state index contributed by atoms with van der Waals surface area (Å²) >= 11 is 6.07. The van der Waals surface area contributed by atoms with Gasteiger partial charge in [0.2, 0.25) is 11.8 Å². The Morgan fingerprint density at radius 1 is 1.17 bits per heavy atom. The first-order valence-electron chi connectivity index (χ1n) is 8.11. The van der Waals surface area contributed by atoms with Crippen LogP contribution in [-0.2, 0) is 9.59 Å². The molecular weight excluding hydrogens is 316 g/mol. The molecule has 2 saturated heterocycles. The van der Waals surface area contributed by atoms with E-state index < -0.39 is 0 Å².